The Morgan fingerprint density at radius 2 is 1.65 bits per heavy atom. The minimum Gasteiger partial charge on any atom is -0.314 e. The Labute approximate surface area is 107 Å². The zero-order valence-corrected chi connectivity index (χ0v) is 13.7. The molecule has 0 spiro atoms. The Kier molecular flexibility index (Phi) is 6.51. The standard InChI is InChI=1S/C12H28NO2PS/c1-10(2)13-16(14,15-11(3)4)9-17(7,8)12(5)6/h10-12H,7-9H2,1-6H3,(H,13,14). The highest BCUT2D eigenvalue weighted by atomic mass is 32.2. The van der Waals surface area contributed by atoms with Crippen LogP contribution in [0.15, 0.2) is 0 Å². The van der Waals surface area contributed by atoms with Gasteiger partial charge < -0.3 is 4.52 Å². The van der Waals surface area contributed by atoms with E-state index in [4.69, 9.17) is 4.52 Å². The highest BCUT2D eigenvalue weighted by molar-refractivity contribution is 8.31. The fraction of sp³-hybridized carbons (Fsp3) is 0.833. The quantitative estimate of drug-likeness (QED) is 0.572. The van der Waals surface area contributed by atoms with Gasteiger partial charge in [0.1, 0.15) is 0 Å². The maximum atomic E-state index is 12.8. The molecule has 0 saturated heterocycles. The van der Waals surface area contributed by atoms with E-state index in [0.29, 0.717) is 10.7 Å². The second kappa shape index (κ2) is 6.42. The van der Waals surface area contributed by atoms with E-state index in [1.807, 2.05) is 27.7 Å². The van der Waals surface area contributed by atoms with Crippen LogP contribution in [0, 0.1) is 0 Å². The normalized spacial score (nSPS) is 16.8. The lowest BCUT2D eigenvalue weighted by atomic mass is 10.4. The molecule has 0 aromatic heterocycles. The van der Waals surface area contributed by atoms with Gasteiger partial charge in [-0.05, 0) is 32.9 Å². The van der Waals surface area contributed by atoms with E-state index in [1.54, 1.807) is 0 Å². The summed E-state index contributed by atoms with van der Waals surface area (Å²) in [5.74, 6) is 8.30. The van der Waals surface area contributed by atoms with E-state index < -0.39 is 16.7 Å². The van der Waals surface area contributed by atoms with Crippen molar-refractivity contribution in [2.45, 2.75) is 58.9 Å². The van der Waals surface area contributed by atoms with Crippen LogP contribution in [0.2, 0.25) is 0 Å². The summed E-state index contributed by atoms with van der Waals surface area (Å²) in [7, 11) is -4.24. The zero-order valence-electron chi connectivity index (χ0n) is 12.0. The average Bonchev–Trinajstić information content (AvgIpc) is 1.96. The first-order chi connectivity index (χ1) is 7.48. The van der Waals surface area contributed by atoms with Crippen LogP contribution in [0.4, 0.5) is 0 Å². The molecule has 0 aromatic carbocycles. The van der Waals surface area contributed by atoms with Gasteiger partial charge in [-0.3, -0.25) is 4.57 Å². The highest BCUT2D eigenvalue weighted by Gasteiger charge is 2.28. The molecule has 1 N–H and O–H groups in total. The van der Waals surface area contributed by atoms with Crippen molar-refractivity contribution in [2.24, 2.45) is 0 Å². The van der Waals surface area contributed by atoms with Crippen LogP contribution in [0.3, 0.4) is 0 Å². The molecule has 17 heavy (non-hydrogen) atoms. The molecule has 0 rings (SSSR count). The van der Waals surface area contributed by atoms with Gasteiger partial charge in [-0.25, -0.2) is 14.3 Å². The van der Waals surface area contributed by atoms with Crippen LogP contribution in [0.5, 0.6) is 0 Å². The third kappa shape index (κ3) is 6.66. The van der Waals surface area contributed by atoms with Crippen LogP contribution < -0.4 is 5.09 Å². The van der Waals surface area contributed by atoms with Crippen molar-refractivity contribution in [1.82, 2.24) is 5.09 Å². The molecule has 3 nitrogen and oxygen atoms in total. The summed E-state index contributed by atoms with van der Waals surface area (Å²) in [4.78, 5) is 0. The highest BCUT2D eigenvalue weighted by Crippen LogP contribution is 2.52. The molecule has 0 bridgehead atoms. The molecule has 0 aliphatic heterocycles. The summed E-state index contributed by atoms with van der Waals surface area (Å²) in [5, 5.41) is 3.41. The Morgan fingerprint density at radius 1 is 1.18 bits per heavy atom. The summed E-state index contributed by atoms with van der Waals surface area (Å²) in [6.45, 7) is 11.9. The third-order valence-corrected chi connectivity index (χ3v) is 9.35. The minimum atomic E-state index is -2.84. The second-order valence-corrected chi connectivity index (χ2v) is 11.4. The van der Waals surface area contributed by atoms with Crippen molar-refractivity contribution in [3.8, 4) is 0 Å². The first-order valence-electron chi connectivity index (χ1n) is 6.00. The van der Waals surface area contributed by atoms with Crippen LogP contribution >= 0.6 is 16.7 Å². The Morgan fingerprint density at radius 3 is 1.94 bits per heavy atom. The SMILES string of the molecule is C=S(=C)(CP(=O)(NC(C)C)OC(C)C)C(C)C. The summed E-state index contributed by atoms with van der Waals surface area (Å²) in [6.07, 6.45) is -0.0607. The molecule has 5 heteroatoms. The Hall–Kier alpha value is 0.240. The molecule has 0 aliphatic rings. The van der Waals surface area contributed by atoms with Gasteiger partial charge in [0.2, 0.25) is 0 Å². The van der Waals surface area contributed by atoms with Crippen molar-refractivity contribution < 1.29 is 9.09 Å². The molecule has 1 atom stereocenters. The minimum absolute atomic E-state index is 0.0607. The van der Waals surface area contributed by atoms with Gasteiger partial charge in [-0.15, -0.1) is 0 Å². The zero-order chi connectivity index (χ0) is 13.9. The van der Waals surface area contributed by atoms with Crippen LogP contribution in [-0.4, -0.2) is 34.6 Å². The van der Waals surface area contributed by atoms with Gasteiger partial charge in [0.25, 0.3) is 7.52 Å². The lowest BCUT2D eigenvalue weighted by Crippen LogP contribution is -2.24. The number of hydrogen-bond donors (Lipinski definition) is 1. The fourth-order valence-electron chi connectivity index (χ4n) is 1.32. The van der Waals surface area contributed by atoms with Crippen LogP contribution in [0.25, 0.3) is 0 Å². The summed E-state index contributed by atoms with van der Waals surface area (Å²) in [6, 6.07) is 0.127. The predicted octanol–water partition coefficient (Wildman–Crippen LogP) is 3.64. The van der Waals surface area contributed by atoms with Gasteiger partial charge in [0.05, 0.1) is 11.6 Å². The van der Waals surface area contributed by atoms with E-state index in [1.165, 1.54) is 0 Å². The van der Waals surface area contributed by atoms with Gasteiger partial charge in [0, 0.05) is 6.04 Å². The largest absolute Gasteiger partial charge is 0.314 e. The van der Waals surface area contributed by atoms with Crippen LogP contribution in [0.1, 0.15) is 41.5 Å². The van der Waals surface area contributed by atoms with Crippen molar-refractivity contribution >= 4 is 28.5 Å². The number of rotatable bonds is 7. The molecule has 0 radical (unpaired) electrons. The van der Waals surface area contributed by atoms with Crippen molar-refractivity contribution in [2.75, 3.05) is 5.49 Å². The van der Waals surface area contributed by atoms with Crippen molar-refractivity contribution in [3.63, 3.8) is 0 Å². The molecule has 0 heterocycles. The van der Waals surface area contributed by atoms with Gasteiger partial charge in [-0.1, -0.05) is 25.6 Å². The predicted molar refractivity (Wildman–Crippen MR) is 83.9 cm³/mol. The molecule has 0 aliphatic carbocycles. The topological polar surface area (TPSA) is 38.3 Å². The molecule has 0 amide bonds. The lowest BCUT2D eigenvalue weighted by molar-refractivity contribution is 0.238. The van der Waals surface area contributed by atoms with Crippen molar-refractivity contribution in [1.29, 1.82) is 0 Å². The van der Waals surface area contributed by atoms with Crippen LogP contribution in [-0.2, 0) is 9.09 Å². The smallest absolute Gasteiger partial charge is 0.279 e. The van der Waals surface area contributed by atoms with E-state index >= 15 is 0 Å². The molecule has 0 saturated carbocycles. The second-order valence-electron chi connectivity index (χ2n) is 5.40. The molecular weight excluding hydrogens is 253 g/mol. The van der Waals surface area contributed by atoms with E-state index in [2.05, 4.69) is 30.7 Å². The molecular formula is C12H28NO2PS. The van der Waals surface area contributed by atoms with E-state index in [0.717, 1.165) is 0 Å². The third-order valence-electron chi connectivity index (χ3n) is 2.26. The monoisotopic (exact) mass is 281 g/mol. The number of hydrogen-bond acceptors (Lipinski definition) is 2. The molecule has 0 aromatic rings. The lowest BCUT2D eigenvalue weighted by Gasteiger charge is -2.29. The summed E-state index contributed by atoms with van der Waals surface area (Å²) in [5.41, 5.74) is 0.439. The maximum Gasteiger partial charge on any atom is 0.279 e. The molecule has 0 fully saturated rings. The maximum absolute atomic E-state index is 12.8. The van der Waals surface area contributed by atoms with Gasteiger partial charge in [0.15, 0.2) is 0 Å². The van der Waals surface area contributed by atoms with Gasteiger partial charge in [-0.2, -0.15) is 0 Å². The Bertz CT molecular complexity index is 358. The fourth-order valence-corrected chi connectivity index (χ4v) is 7.29. The van der Waals surface area contributed by atoms with Gasteiger partial charge >= 0.3 is 0 Å². The van der Waals surface area contributed by atoms with Crippen molar-refractivity contribution in [3.05, 3.63) is 0 Å². The molecule has 104 valence electrons. The first-order valence-corrected chi connectivity index (χ1v) is 10.0. The Balaban J connectivity index is 5.02. The first kappa shape index (κ1) is 17.2. The number of nitrogens with one attached hydrogen (secondary N) is 1. The average molecular weight is 281 g/mol. The summed E-state index contributed by atoms with van der Waals surface area (Å²) < 4.78 is 18.4. The van der Waals surface area contributed by atoms with E-state index in [9.17, 15) is 4.57 Å². The van der Waals surface area contributed by atoms with E-state index in [-0.39, 0.29) is 12.1 Å². The summed E-state index contributed by atoms with van der Waals surface area (Å²) >= 11 is 0. The molecule has 1 unspecified atom stereocenters.